The highest BCUT2D eigenvalue weighted by atomic mass is 16.4. The van der Waals surface area contributed by atoms with Crippen LogP contribution in [0.4, 0.5) is 0 Å². The van der Waals surface area contributed by atoms with Gasteiger partial charge in [0.2, 0.25) is 0 Å². The van der Waals surface area contributed by atoms with Crippen molar-refractivity contribution >= 4 is 11.9 Å². The third-order valence-electron chi connectivity index (χ3n) is 1.87. The van der Waals surface area contributed by atoms with Crippen LogP contribution in [0.5, 0.6) is 0 Å². The summed E-state index contributed by atoms with van der Waals surface area (Å²) in [6, 6.07) is 0.562. The Hall–Kier alpha value is -1.14. The highest BCUT2D eigenvalue weighted by Crippen LogP contribution is 2.14. The Morgan fingerprint density at radius 3 is 1.25 bits per heavy atom. The standard InChI is InChI=1S/C6H14N2.2C2H4O2/c7-5-3-1-2-4-6(5)8;2*1-2(3)4/h5-6H,1-4,7-8H2;2*1H3,(H,3,4). The van der Waals surface area contributed by atoms with Gasteiger partial charge in [-0.3, -0.25) is 9.59 Å². The molecule has 0 bridgehead atoms. The van der Waals surface area contributed by atoms with Crippen LogP contribution < -0.4 is 11.5 Å². The molecule has 0 radical (unpaired) electrons. The van der Waals surface area contributed by atoms with Crippen LogP contribution in [0.15, 0.2) is 0 Å². The zero-order chi connectivity index (χ0) is 13.1. The molecule has 0 amide bonds. The molecule has 2 unspecified atom stereocenters. The van der Waals surface area contributed by atoms with Gasteiger partial charge in [-0.05, 0) is 12.8 Å². The summed E-state index contributed by atoms with van der Waals surface area (Å²) in [6.07, 6.45) is 4.80. The van der Waals surface area contributed by atoms with Crippen LogP contribution in [0.1, 0.15) is 39.5 Å². The van der Waals surface area contributed by atoms with Crippen LogP contribution >= 0.6 is 0 Å². The lowest BCUT2D eigenvalue weighted by atomic mass is 9.92. The van der Waals surface area contributed by atoms with E-state index in [-0.39, 0.29) is 12.1 Å². The molecule has 0 saturated heterocycles. The van der Waals surface area contributed by atoms with Crippen molar-refractivity contribution in [1.82, 2.24) is 0 Å². The maximum absolute atomic E-state index is 9.00. The topological polar surface area (TPSA) is 127 Å². The number of nitrogens with two attached hydrogens (primary N) is 2. The summed E-state index contributed by atoms with van der Waals surface area (Å²) in [7, 11) is 0. The Labute approximate surface area is 95.6 Å². The lowest BCUT2D eigenvalue weighted by Gasteiger charge is -2.24. The van der Waals surface area contributed by atoms with E-state index in [1.54, 1.807) is 0 Å². The molecule has 6 N–H and O–H groups in total. The molecular formula is C10H22N2O4. The molecule has 6 heteroatoms. The van der Waals surface area contributed by atoms with Crippen molar-refractivity contribution in [3.63, 3.8) is 0 Å². The number of rotatable bonds is 0. The van der Waals surface area contributed by atoms with Gasteiger partial charge >= 0.3 is 0 Å². The zero-order valence-electron chi connectivity index (χ0n) is 9.85. The molecule has 0 aliphatic heterocycles. The van der Waals surface area contributed by atoms with Gasteiger partial charge in [-0.15, -0.1) is 0 Å². The lowest BCUT2D eigenvalue weighted by molar-refractivity contribution is -0.135. The predicted octanol–water partition coefficient (Wildman–Crippen LogP) is 0.397. The first-order chi connectivity index (χ1) is 7.27. The van der Waals surface area contributed by atoms with Gasteiger partial charge in [0.1, 0.15) is 0 Å². The molecule has 0 aromatic heterocycles. The minimum atomic E-state index is -0.833. The number of carboxylic acid groups (broad SMARTS) is 2. The maximum Gasteiger partial charge on any atom is 0.300 e. The van der Waals surface area contributed by atoms with E-state index in [0.717, 1.165) is 26.7 Å². The first kappa shape index (κ1) is 17.3. The van der Waals surface area contributed by atoms with E-state index in [0.29, 0.717) is 0 Å². The molecule has 2 atom stereocenters. The molecule has 1 saturated carbocycles. The number of aliphatic carboxylic acids is 2. The average molecular weight is 234 g/mol. The smallest absolute Gasteiger partial charge is 0.300 e. The van der Waals surface area contributed by atoms with Crippen molar-refractivity contribution in [1.29, 1.82) is 0 Å². The summed E-state index contributed by atoms with van der Waals surface area (Å²) >= 11 is 0. The van der Waals surface area contributed by atoms with Gasteiger partial charge in [0.15, 0.2) is 0 Å². The van der Waals surface area contributed by atoms with Gasteiger partial charge in [-0.2, -0.15) is 0 Å². The number of carbonyl (C=O) groups is 2. The lowest BCUT2D eigenvalue weighted by Crippen LogP contribution is -2.43. The number of hydrogen-bond acceptors (Lipinski definition) is 4. The van der Waals surface area contributed by atoms with Gasteiger partial charge in [0.25, 0.3) is 11.9 Å². The van der Waals surface area contributed by atoms with E-state index in [1.165, 1.54) is 12.8 Å². The predicted molar refractivity (Wildman–Crippen MR) is 61.0 cm³/mol. The third kappa shape index (κ3) is 18.6. The quantitative estimate of drug-likeness (QED) is 0.480. The van der Waals surface area contributed by atoms with E-state index in [1.807, 2.05) is 0 Å². The van der Waals surface area contributed by atoms with Crippen LogP contribution in [0.25, 0.3) is 0 Å². The minimum absolute atomic E-state index is 0.281. The first-order valence-electron chi connectivity index (χ1n) is 5.17. The Kier molecular flexibility index (Phi) is 11.2. The van der Waals surface area contributed by atoms with E-state index in [4.69, 9.17) is 31.3 Å². The van der Waals surface area contributed by atoms with Crippen LogP contribution in [-0.4, -0.2) is 34.2 Å². The molecule has 0 spiro atoms. The molecule has 6 nitrogen and oxygen atoms in total. The van der Waals surface area contributed by atoms with Crippen LogP contribution in [0.2, 0.25) is 0 Å². The second kappa shape index (κ2) is 10.4. The molecule has 96 valence electrons. The molecular weight excluding hydrogens is 212 g/mol. The monoisotopic (exact) mass is 234 g/mol. The van der Waals surface area contributed by atoms with Crippen molar-refractivity contribution in [3.05, 3.63) is 0 Å². The fraction of sp³-hybridized carbons (Fsp3) is 0.800. The average Bonchev–Trinajstić information content (AvgIpc) is 2.08. The SMILES string of the molecule is CC(=O)O.CC(=O)O.NC1CCCCC1N. The summed E-state index contributed by atoms with van der Waals surface area (Å²) < 4.78 is 0. The van der Waals surface area contributed by atoms with Gasteiger partial charge in [0.05, 0.1) is 0 Å². The van der Waals surface area contributed by atoms with Gasteiger partial charge in [0, 0.05) is 25.9 Å². The fourth-order valence-electron chi connectivity index (χ4n) is 1.19. The molecule has 1 rings (SSSR count). The highest BCUT2D eigenvalue weighted by Gasteiger charge is 2.16. The second-order valence-electron chi connectivity index (χ2n) is 3.65. The van der Waals surface area contributed by atoms with Gasteiger partial charge < -0.3 is 21.7 Å². The van der Waals surface area contributed by atoms with E-state index in [9.17, 15) is 0 Å². The third-order valence-corrected chi connectivity index (χ3v) is 1.87. The van der Waals surface area contributed by atoms with Crippen molar-refractivity contribution in [2.24, 2.45) is 11.5 Å². The normalized spacial score (nSPS) is 23.0. The largest absolute Gasteiger partial charge is 0.481 e. The highest BCUT2D eigenvalue weighted by molar-refractivity contribution is 5.63. The zero-order valence-corrected chi connectivity index (χ0v) is 9.85. The molecule has 0 aromatic carbocycles. The summed E-state index contributed by atoms with van der Waals surface area (Å²) in [5.74, 6) is -1.67. The maximum atomic E-state index is 9.00. The second-order valence-corrected chi connectivity index (χ2v) is 3.65. The van der Waals surface area contributed by atoms with E-state index < -0.39 is 11.9 Å². The molecule has 1 aliphatic rings. The Balaban J connectivity index is 0. The Morgan fingerprint density at radius 2 is 1.12 bits per heavy atom. The molecule has 1 fully saturated rings. The van der Waals surface area contributed by atoms with Gasteiger partial charge in [-0.1, -0.05) is 12.8 Å². The van der Waals surface area contributed by atoms with E-state index >= 15 is 0 Å². The van der Waals surface area contributed by atoms with Crippen molar-refractivity contribution in [2.75, 3.05) is 0 Å². The summed E-state index contributed by atoms with van der Waals surface area (Å²) in [6.45, 7) is 2.17. The number of hydrogen-bond donors (Lipinski definition) is 4. The van der Waals surface area contributed by atoms with Crippen molar-refractivity contribution < 1.29 is 19.8 Å². The minimum Gasteiger partial charge on any atom is -0.481 e. The number of carboxylic acids is 2. The van der Waals surface area contributed by atoms with E-state index in [2.05, 4.69) is 0 Å². The van der Waals surface area contributed by atoms with Gasteiger partial charge in [-0.25, -0.2) is 0 Å². The summed E-state index contributed by atoms with van der Waals surface area (Å²) in [4.78, 5) is 18.0. The molecule has 0 aromatic rings. The molecule has 1 aliphatic carbocycles. The van der Waals surface area contributed by atoms with Crippen LogP contribution in [-0.2, 0) is 9.59 Å². The van der Waals surface area contributed by atoms with Crippen molar-refractivity contribution in [2.45, 2.75) is 51.6 Å². The fourth-order valence-corrected chi connectivity index (χ4v) is 1.19. The molecule has 16 heavy (non-hydrogen) atoms. The van der Waals surface area contributed by atoms with Crippen LogP contribution in [0, 0.1) is 0 Å². The summed E-state index contributed by atoms with van der Waals surface area (Å²) in [5.41, 5.74) is 11.3. The Bertz CT molecular complexity index is 179. The first-order valence-corrected chi connectivity index (χ1v) is 5.17. The van der Waals surface area contributed by atoms with Crippen molar-refractivity contribution in [3.8, 4) is 0 Å². The Morgan fingerprint density at radius 1 is 0.938 bits per heavy atom. The van der Waals surface area contributed by atoms with Crippen LogP contribution in [0.3, 0.4) is 0 Å². The molecule has 0 heterocycles. The summed E-state index contributed by atoms with van der Waals surface area (Å²) in [5, 5.41) is 14.8.